The quantitative estimate of drug-likeness (QED) is 0.454. The first-order valence-corrected chi connectivity index (χ1v) is 5.12. The van der Waals surface area contributed by atoms with Crippen LogP contribution in [0.25, 0.3) is 0 Å². The molecule has 0 N–H and O–H groups in total. The second-order valence-electron chi connectivity index (χ2n) is 4.10. The zero-order chi connectivity index (χ0) is 13.3. The Morgan fingerprint density at radius 1 is 1.00 bits per heavy atom. The van der Waals surface area contributed by atoms with E-state index in [0.717, 1.165) is 0 Å². The van der Waals surface area contributed by atoms with Gasteiger partial charge in [0.05, 0.1) is 5.92 Å². The van der Waals surface area contributed by atoms with E-state index in [1.807, 2.05) is 0 Å². The number of carbonyl (C=O) groups is 1. The van der Waals surface area contributed by atoms with E-state index in [1.165, 1.54) is 13.8 Å². The molecule has 0 saturated carbocycles. The van der Waals surface area contributed by atoms with Crippen molar-refractivity contribution in [3.05, 3.63) is 28.6 Å². The van der Waals surface area contributed by atoms with Crippen LogP contribution >= 0.6 is 0 Å². The van der Waals surface area contributed by atoms with Gasteiger partial charge in [-0.05, 0) is 19.4 Å². The molecule has 2 nitrogen and oxygen atoms in total. The smallest absolute Gasteiger partial charge is 0.313 e. The van der Waals surface area contributed by atoms with Crippen molar-refractivity contribution in [1.82, 2.24) is 0 Å². The number of carbonyl (C=O) groups excluding carboxylic acids is 1. The fraction of sp³-hybridized carbons (Fsp3) is 0.417. The predicted molar refractivity (Wildman–Crippen MR) is 56.3 cm³/mol. The molecule has 17 heavy (non-hydrogen) atoms. The lowest BCUT2D eigenvalue weighted by Gasteiger charge is -2.13. The predicted octanol–water partition coefficient (Wildman–Crippen LogP) is 3.28. The van der Waals surface area contributed by atoms with Crippen LogP contribution in [0.5, 0.6) is 5.75 Å². The van der Waals surface area contributed by atoms with E-state index in [2.05, 4.69) is 0 Å². The van der Waals surface area contributed by atoms with Crippen LogP contribution in [0.4, 0.5) is 13.2 Å². The molecule has 5 heteroatoms. The highest BCUT2D eigenvalue weighted by Crippen LogP contribution is 2.30. The van der Waals surface area contributed by atoms with Gasteiger partial charge in [-0.2, -0.15) is 4.39 Å². The highest BCUT2D eigenvalue weighted by atomic mass is 19.2. The van der Waals surface area contributed by atoms with Crippen LogP contribution in [-0.2, 0) is 4.79 Å². The summed E-state index contributed by atoms with van der Waals surface area (Å²) in [6, 6.07) is 0. The Morgan fingerprint density at radius 2 is 1.53 bits per heavy atom. The van der Waals surface area contributed by atoms with E-state index < -0.39 is 35.1 Å². The Bertz CT molecular complexity index is 438. The minimum absolute atomic E-state index is 0.0737. The van der Waals surface area contributed by atoms with Crippen LogP contribution in [0.15, 0.2) is 0 Å². The van der Waals surface area contributed by atoms with Crippen LogP contribution in [0, 0.1) is 37.2 Å². The van der Waals surface area contributed by atoms with Gasteiger partial charge in [-0.1, -0.05) is 13.8 Å². The Balaban J connectivity index is 3.30. The molecule has 0 atom stereocenters. The summed E-state index contributed by atoms with van der Waals surface area (Å²) in [5.74, 6) is -6.08. The summed E-state index contributed by atoms with van der Waals surface area (Å²) in [6.45, 7) is 5.77. The van der Waals surface area contributed by atoms with E-state index in [4.69, 9.17) is 4.74 Å². The number of rotatable bonds is 2. The van der Waals surface area contributed by atoms with Gasteiger partial charge in [0, 0.05) is 5.56 Å². The van der Waals surface area contributed by atoms with Crippen LogP contribution < -0.4 is 4.74 Å². The summed E-state index contributed by atoms with van der Waals surface area (Å²) in [5, 5.41) is 0. The molecule has 1 rings (SSSR count). The Kier molecular flexibility index (Phi) is 3.80. The average molecular weight is 246 g/mol. The number of halogens is 3. The maximum atomic E-state index is 13.4. The van der Waals surface area contributed by atoms with Crippen molar-refractivity contribution in [2.45, 2.75) is 27.7 Å². The molecule has 0 bridgehead atoms. The molecule has 0 aliphatic carbocycles. The second-order valence-corrected chi connectivity index (χ2v) is 4.10. The van der Waals surface area contributed by atoms with E-state index in [9.17, 15) is 18.0 Å². The molecular formula is C12H13F3O2. The summed E-state index contributed by atoms with van der Waals surface area (Å²) in [4.78, 5) is 11.3. The Hall–Kier alpha value is -1.52. The molecule has 0 aliphatic rings. The monoisotopic (exact) mass is 246 g/mol. The fourth-order valence-electron chi connectivity index (χ4n) is 1.20. The molecule has 1 aromatic rings. The number of esters is 1. The minimum Gasteiger partial charge on any atom is -0.423 e. The van der Waals surface area contributed by atoms with E-state index in [0.29, 0.717) is 0 Å². The lowest BCUT2D eigenvalue weighted by molar-refractivity contribution is -0.138. The lowest BCUT2D eigenvalue weighted by atomic mass is 10.1. The topological polar surface area (TPSA) is 26.3 Å². The van der Waals surface area contributed by atoms with Gasteiger partial charge in [-0.15, -0.1) is 0 Å². The van der Waals surface area contributed by atoms with E-state index in [1.54, 1.807) is 13.8 Å². The molecular weight excluding hydrogens is 233 g/mol. The summed E-state index contributed by atoms with van der Waals surface area (Å²) < 4.78 is 44.5. The normalized spacial score (nSPS) is 10.8. The highest BCUT2D eigenvalue weighted by Gasteiger charge is 2.24. The Morgan fingerprint density at radius 3 is 2.00 bits per heavy atom. The fourth-order valence-corrected chi connectivity index (χ4v) is 1.20. The van der Waals surface area contributed by atoms with Gasteiger partial charge in [0.2, 0.25) is 5.82 Å². The molecule has 0 aromatic heterocycles. The number of ether oxygens (including phenoxy) is 1. The third-order valence-electron chi connectivity index (χ3n) is 2.49. The first-order valence-electron chi connectivity index (χ1n) is 5.12. The summed E-state index contributed by atoms with van der Waals surface area (Å²) in [7, 11) is 0. The molecule has 1 aromatic carbocycles. The molecule has 0 unspecified atom stereocenters. The third-order valence-corrected chi connectivity index (χ3v) is 2.49. The van der Waals surface area contributed by atoms with Gasteiger partial charge in [0.1, 0.15) is 0 Å². The largest absolute Gasteiger partial charge is 0.423 e. The van der Waals surface area contributed by atoms with Crippen molar-refractivity contribution in [2.75, 3.05) is 0 Å². The van der Waals surface area contributed by atoms with Crippen molar-refractivity contribution in [2.24, 2.45) is 5.92 Å². The van der Waals surface area contributed by atoms with Gasteiger partial charge in [-0.3, -0.25) is 4.79 Å². The number of hydrogen-bond acceptors (Lipinski definition) is 2. The number of benzene rings is 1. The van der Waals surface area contributed by atoms with Crippen molar-refractivity contribution < 1.29 is 22.7 Å². The van der Waals surface area contributed by atoms with E-state index in [-0.39, 0.29) is 11.1 Å². The maximum absolute atomic E-state index is 13.4. The van der Waals surface area contributed by atoms with Crippen molar-refractivity contribution >= 4 is 5.97 Å². The molecule has 0 saturated heterocycles. The standard InChI is InChI=1S/C12H13F3O2/c1-5(2)12(16)17-11-7(4)6(3)8(13)9(14)10(11)15/h5H,1-4H3. The van der Waals surface area contributed by atoms with Gasteiger partial charge in [0.25, 0.3) is 0 Å². The molecule has 0 spiro atoms. The van der Waals surface area contributed by atoms with Crippen molar-refractivity contribution in [3.8, 4) is 5.75 Å². The van der Waals surface area contributed by atoms with Crippen LogP contribution in [-0.4, -0.2) is 5.97 Å². The van der Waals surface area contributed by atoms with Gasteiger partial charge < -0.3 is 4.74 Å². The van der Waals surface area contributed by atoms with Gasteiger partial charge in [-0.25, -0.2) is 8.78 Å². The van der Waals surface area contributed by atoms with Gasteiger partial charge >= 0.3 is 5.97 Å². The van der Waals surface area contributed by atoms with Crippen molar-refractivity contribution in [3.63, 3.8) is 0 Å². The second kappa shape index (κ2) is 4.77. The Labute approximate surface area is 97.4 Å². The molecule has 0 heterocycles. The third kappa shape index (κ3) is 2.43. The molecule has 0 aliphatic heterocycles. The first-order chi connectivity index (χ1) is 7.77. The summed E-state index contributed by atoms with van der Waals surface area (Å²) in [5.41, 5.74) is 0.00542. The molecule has 0 radical (unpaired) electrons. The van der Waals surface area contributed by atoms with Gasteiger partial charge in [0.15, 0.2) is 17.4 Å². The SMILES string of the molecule is Cc1c(C)c(OC(=O)C(C)C)c(F)c(F)c1F. The number of hydrogen-bond donors (Lipinski definition) is 0. The lowest BCUT2D eigenvalue weighted by Crippen LogP contribution is -2.17. The summed E-state index contributed by atoms with van der Waals surface area (Å²) in [6.07, 6.45) is 0. The minimum atomic E-state index is -1.63. The first kappa shape index (κ1) is 13.5. The van der Waals surface area contributed by atoms with E-state index >= 15 is 0 Å². The molecule has 94 valence electrons. The zero-order valence-electron chi connectivity index (χ0n) is 10.0. The summed E-state index contributed by atoms with van der Waals surface area (Å²) >= 11 is 0. The van der Waals surface area contributed by atoms with Crippen molar-refractivity contribution in [1.29, 1.82) is 0 Å². The van der Waals surface area contributed by atoms with Crippen LogP contribution in [0.1, 0.15) is 25.0 Å². The highest BCUT2D eigenvalue weighted by molar-refractivity contribution is 5.74. The molecule has 0 fully saturated rings. The molecule has 0 amide bonds. The van der Waals surface area contributed by atoms with Crippen LogP contribution in [0.2, 0.25) is 0 Å². The zero-order valence-corrected chi connectivity index (χ0v) is 10.0. The van der Waals surface area contributed by atoms with Crippen LogP contribution in [0.3, 0.4) is 0 Å². The maximum Gasteiger partial charge on any atom is 0.313 e. The average Bonchev–Trinajstić information content (AvgIpc) is 2.29.